The van der Waals surface area contributed by atoms with Crippen LogP contribution in [-0.2, 0) is 32.0 Å². The summed E-state index contributed by atoms with van der Waals surface area (Å²) in [5.74, 6) is -0.314. The Morgan fingerprint density at radius 1 is 1.00 bits per heavy atom. The third-order valence-corrected chi connectivity index (χ3v) is 10.2. The number of amides is 4. The van der Waals surface area contributed by atoms with Gasteiger partial charge in [-0.25, -0.2) is 9.78 Å². The van der Waals surface area contributed by atoms with Gasteiger partial charge in [-0.2, -0.15) is 0 Å². The lowest BCUT2D eigenvalue weighted by Crippen LogP contribution is -2.56. The number of benzene rings is 1. The van der Waals surface area contributed by atoms with Gasteiger partial charge in [-0.15, -0.1) is 0 Å². The van der Waals surface area contributed by atoms with Crippen LogP contribution in [0.25, 0.3) is 0 Å². The molecule has 0 unspecified atom stereocenters. The van der Waals surface area contributed by atoms with E-state index < -0.39 is 48.2 Å². The third kappa shape index (κ3) is 11.0. The van der Waals surface area contributed by atoms with Crippen LogP contribution in [0.4, 0.5) is 4.79 Å². The number of nitrogens with one attached hydrogen (secondary N) is 2. The molecule has 0 spiro atoms. The average molecular weight is 695 g/mol. The molecule has 2 fully saturated rings. The number of aliphatic hydroxyl groups excluding tert-OH is 1. The van der Waals surface area contributed by atoms with Crippen LogP contribution in [0.5, 0.6) is 0 Å². The number of likely N-dealkylation sites (tertiary alicyclic amines) is 1. The van der Waals surface area contributed by atoms with Gasteiger partial charge in [-0.1, -0.05) is 76.3 Å². The van der Waals surface area contributed by atoms with Crippen LogP contribution in [0, 0.1) is 11.8 Å². The first-order valence-corrected chi connectivity index (χ1v) is 18.4. The average Bonchev–Trinajstić information content (AvgIpc) is 3.82. The normalized spacial score (nSPS) is 19.0. The van der Waals surface area contributed by atoms with E-state index >= 15 is 0 Å². The highest BCUT2D eigenvalue weighted by Crippen LogP contribution is 2.29. The number of aromatic amines is 1. The van der Waals surface area contributed by atoms with Crippen molar-refractivity contribution in [2.24, 2.45) is 11.8 Å². The van der Waals surface area contributed by atoms with E-state index in [1.807, 2.05) is 30.3 Å². The molecule has 1 saturated heterocycles. The van der Waals surface area contributed by atoms with E-state index in [4.69, 9.17) is 4.74 Å². The molecule has 2 aliphatic rings. The second-order valence-corrected chi connectivity index (χ2v) is 14.8. The van der Waals surface area contributed by atoms with Crippen LogP contribution in [0.2, 0.25) is 0 Å². The molecule has 1 aliphatic heterocycles. The van der Waals surface area contributed by atoms with Crippen molar-refractivity contribution in [1.82, 2.24) is 30.0 Å². The summed E-state index contributed by atoms with van der Waals surface area (Å²) in [7, 11) is 4.84. The van der Waals surface area contributed by atoms with Gasteiger partial charge in [-0.3, -0.25) is 19.3 Å². The Hall–Kier alpha value is -3.93. The van der Waals surface area contributed by atoms with Crippen LogP contribution in [0.3, 0.4) is 0 Å². The molecule has 1 saturated carbocycles. The fraction of sp³-hybridized carbons (Fsp3) is 0.658. The minimum atomic E-state index is -1.25. The van der Waals surface area contributed by atoms with Crippen LogP contribution >= 0.6 is 0 Å². The van der Waals surface area contributed by atoms with E-state index in [1.165, 1.54) is 27.4 Å². The Labute approximate surface area is 297 Å². The summed E-state index contributed by atoms with van der Waals surface area (Å²) < 4.78 is 5.95. The van der Waals surface area contributed by atoms with Crippen molar-refractivity contribution < 1.29 is 29.0 Å². The number of aliphatic hydroxyl groups is 1. The number of nitrogens with zero attached hydrogens (tertiary/aromatic N) is 4. The lowest BCUT2D eigenvalue weighted by molar-refractivity contribution is -0.146. The van der Waals surface area contributed by atoms with Crippen molar-refractivity contribution >= 4 is 23.8 Å². The topological polar surface area (TPSA) is 148 Å². The van der Waals surface area contributed by atoms with E-state index in [0.29, 0.717) is 49.8 Å². The Morgan fingerprint density at radius 3 is 2.36 bits per heavy atom. The number of carbonyl (C=O) groups is 4. The van der Waals surface area contributed by atoms with Gasteiger partial charge < -0.3 is 29.9 Å². The molecule has 5 atom stereocenters. The number of carbonyl (C=O) groups excluding carboxylic acids is 4. The first-order valence-electron chi connectivity index (χ1n) is 18.4. The molecule has 276 valence electrons. The van der Waals surface area contributed by atoms with Crippen LogP contribution in [0.15, 0.2) is 42.9 Å². The molecule has 0 bridgehead atoms. The van der Waals surface area contributed by atoms with Gasteiger partial charge in [0.1, 0.15) is 12.1 Å². The van der Waals surface area contributed by atoms with Gasteiger partial charge in [0.15, 0.2) is 6.10 Å². The molecule has 12 nitrogen and oxygen atoms in total. The molecular weight excluding hydrogens is 636 g/mol. The SMILES string of the molecule is CC(C)CC[C@H](O)[C@H](CC1CCCCC1)NC(=O)[C@H](Cc1c[nH]cn1)N(C)C(=O)[C@H](Cc1ccccc1)OC(=O)N1CCC[C@@H]1C(=O)N(C)C. The number of hydrogen-bond acceptors (Lipinski definition) is 7. The predicted molar refractivity (Wildman–Crippen MR) is 191 cm³/mol. The van der Waals surface area contributed by atoms with Crippen molar-refractivity contribution in [2.75, 3.05) is 27.7 Å². The number of aromatic nitrogens is 2. The number of H-pyrrole nitrogens is 1. The van der Waals surface area contributed by atoms with Crippen molar-refractivity contribution in [3.63, 3.8) is 0 Å². The Bertz CT molecular complexity index is 1360. The molecule has 4 amide bonds. The minimum absolute atomic E-state index is 0.0881. The number of hydrogen-bond donors (Lipinski definition) is 3. The van der Waals surface area contributed by atoms with Crippen molar-refractivity contribution in [1.29, 1.82) is 0 Å². The fourth-order valence-electron chi connectivity index (χ4n) is 7.20. The maximum atomic E-state index is 14.4. The standard InChI is InChI=1S/C38H58N6O6/c1-26(2)18-19-33(45)30(21-27-13-8-6-9-14-27)41-35(46)32(23-29-24-39-25-40-29)43(5)37(48)34(22-28-15-10-7-11-16-28)50-38(49)44-20-12-17-31(44)36(47)42(3)4/h7,10-11,15-16,24-27,30-34,45H,6,8-9,12-14,17-23H2,1-5H3,(H,39,40)(H,41,46)/t30-,31+,32-,33-,34-/m0/s1. The maximum Gasteiger partial charge on any atom is 0.411 e. The zero-order valence-electron chi connectivity index (χ0n) is 30.6. The Kier molecular flexibility index (Phi) is 14.7. The van der Waals surface area contributed by atoms with E-state index in [0.717, 1.165) is 37.7 Å². The summed E-state index contributed by atoms with van der Waals surface area (Å²) in [4.78, 5) is 66.6. The summed E-state index contributed by atoms with van der Waals surface area (Å²) in [6.07, 6.45) is 9.59. The molecule has 2 heterocycles. The number of likely N-dealkylation sites (N-methyl/N-ethyl adjacent to an activating group) is 2. The van der Waals surface area contributed by atoms with Gasteiger partial charge in [0.05, 0.1) is 24.2 Å². The minimum Gasteiger partial charge on any atom is -0.436 e. The fourth-order valence-corrected chi connectivity index (χ4v) is 7.20. The highest BCUT2D eigenvalue weighted by molar-refractivity contribution is 5.91. The second-order valence-electron chi connectivity index (χ2n) is 14.8. The zero-order chi connectivity index (χ0) is 36.2. The van der Waals surface area contributed by atoms with E-state index in [9.17, 15) is 24.3 Å². The zero-order valence-corrected chi connectivity index (χ0v) is 30.6. The monoisotopic (exact) mass is 694 g/mol. The molecule has 12 heteroatoms. The van der Waals surface area contributed by atoms with Crippen LogP contribution in [-0.4, -0.2) is 112 Å². The highest BCUT2D eigenvalue weighted by atomic mass is 16.6. The molecule has 0 radical (unpaired) electrons. The molecular formula is C38H58N6O6. The lowest BCUT2D eigenvalue weighted by Gasteiger charge is -2.34. The van der Waals surface area contributed by atoms with Crippen molar-refractivity contribution in [3.8, 4) is 0 Å². The van der Waals surface area contributed by atoms with Gasteiger partial charge in [0.25, 0.3) is 5.91 Å². The second kappa shape index (κ2) is 18.9. The predicted octanol–water partition coefficient (Wildman–Crippen LogP) is 4.33. The summed E-state index contributed by atoms with van der Waals surface area (Å²) in [6, 6.07) is 7.14. The van der Waals surface area contributed by atoms with Crippen LogP contribution < -0.4 is 5.32 Å². The van der Waals surface area contributed by atoms with Gasteiger partial charge in [0, 0.05) is 46.7 Å². The van der Waals surface area contributed by atoms with Gasteiger partial charge in [-0.05, 0) is 49.5 Å². The summed E-state index contributed by atoms with van der Waals surface area (Å²) in [6.45, 7) is 4.58. The quantitative estimate of drug-likeness (QED) is 0.237. The summed E-state index contributed by atoms with van der Waals surface area (Å²) >= 11 is 0. The Balaban J connectivity index is 1.58. The molecule has 3 N–H and O–H groups in total. The first kappa shape index (κ1) is 38.9. The highest BCUT2D eigenvalue weighted by Gasteiger charge is 2.40. The molecule has 1 aromatic carbocycles. The summed E-state index contributed by atoms with van der Waals surface area (Å²) in [5, 5.41) is 14.5. The molecule has 1 aromatic heterocycles. The van der Waals surface area contributed by atoms with E-state index in [1.54, 1.807) is 27.3 Å². The maximum absolute atomic E-state index is 14.4. The molecule has 50 heavy (non-hydrogen) atoms. The third-order valence-electron chi connectivity index (χ3n) is 10.2. The van der Waals surface area contributed by atoms with Crippen LogP contribution in [0.1, 0.15) is 89.3 Å². The molecule has 1 aliphatic carbocycles. The first-order chi connectivity index (χ1) is 23.9. The molecule has 4 rings (SSSR count). The van der Waals surface area contributed by atoms with E-state index in [-0.39, 0.29) is 18.7 Å². The van der Waals surface area contributed by atoms with E-state index in [2.05, 4.69) is 29.1 Å². The Morgan fingerprint density at radius 2 is 1.72 bits per heavy atom. The smallest absolute Gasteiger partial charge is 0.411 e. The van der Waals surface area contributed by atoms with Crippen molar-refractivity contribution in [3.05, 3.63) is 54.1 Å². The van der Waals surface area contributed by atoms with Crippen molar-refractivity contribution in [2.45, 2.75) is 121 Å². The molecule has 2 aromatic rings. The number of imidazole rings is 1. The van der Waals surface area contributed by atoms with Gasteiger partial charge in [0.2, 0.25) is 11.8 Å². The van der Waals surface area contributed by atoms with Gasteiger partial charge >= 0.3 is 6.09 Å². The number of rotatable bonds is 16. The lowest BCUT2D eigenvalue weighted by atomic mass is 9.83. The number of ether oxygens (including phenoxy) is 1. The summed E-state index contributed by atoms with van der Waals surface area (Å²) in [5.41, 5.74) is 1.37. The largest absolute Gasteiger partial charge is 0.436 e.